The van der Waals surface area contributed by atoms with Gasteiger partial charge in [0, 0.05) is 16.5 Å². The minimum Gasteiger partial charge on any atom is -0.361 e. The lowest BCUT2D eigenvalue weighted by molar-refractivity contribution is 0.310. The lowest BCUT2D eigenvalue weighted by atomic mass is 10.1. The van der Waals surface area contributed by atoms with Gasteiger partial charge in [-0.1, -0.05) is 24.3 Å². The van der Waals surface area contributed by atoms with Gasteiger partial charge in [0.15, 0.2) is 5.90 Å². The van der Waals surface area contributed by atoms with Gasteiger partial charge in [-0.15, -0.1) is 0 Å². The van der Waals surface area contributed by atoms with Crippen molar-refractivity contribution in [1.29, 1.82) is 0 Å². The van der Waals surface area contributed by atoms with Crippen molar-refractivity contribution in [2.45, 2.75) is 5.52 Å². The highest BCUT2D eigenvalue weighted by molar-refractivity contribution is 7.71. The van der Waals surface area contributed by atoms with E-state index in [1.165, 1.54) is 36.4 Å². The molecule has 0 aromatic heterocycles. The van der Waals surface area contributed by atoms with Crippen LogP contribution >= 0.6 is 30.4 Å². The maximum absolute atomic E-state index is 11.8. The van der Waals surface area contributed by atoms with E-state index in [0.717, 1.165) is 0 Å². The molecule has 9 N–H and O–H groups in total. The van der Waals surface area contributed by atoms with Gasteiger partial charge in [-0.2, -0.15) is 4.62 Å². The summed E-state index contributed by atoms with van der Waals surface area (Å²) in [5.41, 5.74) is -0.456. The van der Waals surface area contributed by atoms with Gasteiger partial charge in [-0.25, -0.2) is 0 Å². The van der Waals surface area contributed by atoms with Crippen LogP contribution in [-0.4, -0.2) is 45.7 Å². The molecule has 0 aliphatic carbocycles. The number of hydrogen-bond acceptors (Lipinski definition) is 7. The maximum Gasteiger partial charge on any atom is 0.361 e. The highest BCUT2D eigenvalue weighted by atomic mass is 31.2. The molecule has 168 valence electrons. The fraction of sp³-hybridized carbons (Fsp3) is 0.167. The average molecular weight is 506 g/mol. The standard InChI is InChI=1S/C12H18N2O12P4/c15-27(16,17)7-28(18,19)26-14-11-6-2-3-8-9(11)4-1-5-10(8)13-12(29(20,21)22)30(23,24)25/h1-6,12-14H,7H2,(H,18,19)(H2,15,16,17)(H2,20,21,22)(H2,23,24,25). The predicted molar refractivity (Wildman–Crippen MR) is 107 cm³/mol. The zero-order valence-corrected chi connectivity index (χ0v) is 18.3. The molecule has 2 aromatic carbocycles. The van der Waals surface area contributed by atoms with Gasteiger partial charge >= 0.3 is 30.4 Å². The van der Waals surface area contributed by atoms with Gasteiger partial charge in [-0.05, 0) is 12.1 Å². The second-order valence-electron chi connectivity index (χ2n) is 6.04. The Hall–Kier alpha value is -1.10. The first-order valence-electron chi connectivity index (χ1n) is 7.69. The highest BCUT2D eigenvalue weighted by Gasteiger charge is 2.43. The summed E-state index contributed by atoms with van der Waals surface area (Å²) in [5.74, 6) is -1.43. The van der Waals surface area contributed by atoms with Crippen LogP contribution in [0.3, 0.4) is 0 Å². The Kier molecular flexibility index (Phi) is 7.38. The minimum absolute atomic E-state index is 0.0278. The van der Waals surface area contributed by atoms with Crippen LogP contribution in [0, 0.1) is 0 Å². The summed E-state index contributed by atoms with van der Waals surface area (Å²) < 4.78 is 50.2. The van der Waals surface area contributed by atoms with Crippen molar-refractivity contribution in [3.63, 3.8) is 0 Å². The third-order valence-corrected chi connectivity index (χ3v) is 10.1. The molecule has 0 spiro atoms. The summed E-state index contributed by atoms with van der Waals surface area (Å²) in [4.78, 5) is 64.2. The van der Waals surface area contributed by atoms with Crippen molar-refractivity contribution in [2.24, 2.45) is 0 Å². The van der Waals surface area contributed by atoms with Crippen molar-refractivity contribution in [2.75, 3.05) is 16.7 Å². The molecule has 2 aromatic rings. The molecule has 30 heavy (non-hydrogen) atoms. The van der Waals surface area contributed by atoms with Gasteiger partial charge < -0.3 is 39.6 Å². The lowest BCUT2D eigenvalue weighted by Gasteiger charge is -2.23. The van der Waals surface area contributed by atoms with Crippen LogP contribution in [0.1, 0.15) is 0 Å². The molecule has 0 saturated carbocycles. The second kappa shape index (κ2) is 8.80. The summed E-state index contributed by atoms with van der Waals surface area (Å²) >= 11 is 0. The van der Waals surface area contributed by atoms with Crippen LogP contribution in [0.15, 0.2) is 36.4 Å². The van der Waals surface area contributed by atoms with Crippen molar-refractivity contribution in [3.8, 4) is 0 Å². The van der Waals surface area contributed by atoms with E-state index in [1.54, 1.807) is 0 Å². The molecule has 0 heterocycles. The van der Waals surface area contributed by atoms with Crippen LogP contribution in [-0.2, 0) is 22.9 Å². The Morgan fingerprint density at radius 3 is 1.70 bits per heavy atom. The highest BCUT2D eigenvalue weighted by Crippen LogP contribution is 2.60. The molecule has 1 unspecified atom stereocenters. The predicted octanol–water partition coefficient (Wildman–Crippen LogP) is 1.55. The monoisotopic (exact) mass is 506 g/mol. The summed E-state index contributed by atoms with van der Waals surface area (Å²) in [6, 6.07) is 8.26. The number of anilines is 2. The van der Waals surface area contributed by atoms with E-state index >= 15 is 0 Å². The summed E-state index contributed by atoms with van der Waals surface area (Å²) in [7, 11) is -20.1. The Morgan fingerprint density at radius 1 is 0.767 bits per heavy atom. The molecule has 0 aliphatic rings. The molecule has 0 amide bonds. The Morgan fingerprint density at radius 2 is 1.23 bits per heavy atom. The number of rotatable bonds is 9. The Bertz CT molecular complexity index is 1100. The number of benzene rings is 2. The molecule has 2 rings (SSSR count). The van der Waals surface area contributed by atoms with E-state index in [1.807, 2.05) is 0 Å². The normalized spacial score (nSPS) is 15.2. The van der Waals surface area contributed by atoms with Gasteiger partial charge in [0.1, 0.15) is 0 Å². The maximum atomic E-state index is 11.8. The zero-order valence-electron chi connectivity index (χ0n) is 14.7. The van der Waals surface area contributed by atoms with E-state index in [0.29, 0.717) is 0 Å². The third-order valence-electron chi connectivity index (χ3n) is 3.51. The summed E-state index contributed by atoms with van der Waals surface area (Å²) in [5, 5.41) is 2.56. The molecule has 1 atom stereocenters. The van der Waals surface area contributed by atoms with E-state index in [2.05, 4.69) is 15.4 Å². The third kappa shape index (κ3) is 6.96. The molecule has 0 bridgehead atoms. The SMILES string of the molecule is O=P(O)(O)CP(=O)(O)ONc1cccc2c(NC(P(=O)(O)O)P(=O)(O)O)cccc12. The lowest BCUT2D eigenvalue weighted by Crippen LogP contribution is -2.20. The number of nitrogens with one attached hydrogen (secondary N) is 2. The largest absolute Gasteiger partial charge is 0.361 e. The van der Waals surface area contributed by atoms with Crippen LogP contribution in [0.2, 0.25) is 0 Å². The van der Waals surface area contributed by atoms with Gasteiger partial charge in [0.05, 0.1) is 5.69 Å². The average Bonchev–Trinajstić information content (AvgIpc) is 2.53. The first-order chi connectivity index (χ1) is 13.5. The Balaban J connectivity index is 2.40. The first-order valence-corrected chi connectivity index (χ1v) is 14.6. The summed E-state index contributed by atoms with van der Waals surface area (Å²) in [6.07, 6.45) is 0. The quantitative estimate of drug-likeness (QED) is 0.173. The molecular formula is C12H18N2O12P4. The van der Waals surface area contributed by atoms with E-state index < -0.39 is 41.8 Å². The first kappa shape index (κ1) is 25.2. The zero-order chi connectivity index (χ0) is 23.0. The molecule has 0 saturated heterocycles. The second-order valence-corrected chi connectivity index (χ2v) is 13.8. The molecule has 14 nitrogen and oxygen atoms in total. The number of fused-ring (bicyclic) bond motifs is 1. The molecule has 0 fully saturated rings. The fourth-order valence-corrected chi connectivity index (χ4v) is 6.93. The van der Waals surface area contributed by atoms with Gasteiger partial charge in [0.25, 0.3) is 0 Å². The van der Waals surface area contributed by atoms with Crippen LogP contribution < -0.4 is 10.8 Å². The van der Waals surface area contributed by atoms with Crippen molar-refractivity contribution in [1.82, 2.24) is 0 Å². The molecular weight excluding hydrogens is 488 g/mol. The van der Waals surface area contributed by atoms with E-state index in [4.69, 9.17) is 9.79 Å². The smallest absolute Gasteiger partial charge is 0.361 e. The number of hydrogen-bond donors (Lipinski definition) is 9. The molecule has 0 aliphatic heterocycles. The van der Waals surface area contributed by atoms with Crippen molar-refractivity contribution < 1.29 is 57.1 Å². The minimum atomic E-state index is -5.27. The van der Waals surface area contributed by atoms with Crippen LogP contribution in [0.4, 0.5) is 11.4 Å². The topological polar surface area (TPSA) is 243 Å². The van der Waals surface area contributed by atoms with Crippen LogP contribution in [0.5, 0.6) is 0 Å². The van der Waals surface area contributed by atoms with Crippen molar-refractivity contribution in [3.05, 3.63) is 36.4 Å². The van der Waals surface area contributed by atoms with Crippen molar-refractivity contribution >= 4 is 52.5 Å². The Labute approximate surface area is 168 Å². The fourth-order valence-electron chi connectivity index (χ4n) is 2.41. The van der Waals surface area contributed by atoms with E-state index in [9.17, 15) is 42.7 Å². The van der Waals surface area contributed by atoms with Crippen LogP contribution in [0.25, 0.3) is 10.8 Å². The van der Waals surface area contributed by atoms with Gasteiger partial charge in [-0.3, -0.25) is 23.7 Å². The molecule has 0 radical (unpaired) electrons. The van der Waals surface area contributed by atoms with E-state index in [-0.39, 0.29) is 22.1 Å². The van der Waals surface area contributed by atoms with Gasteiger partial charge in [0.2, 0.25) is 5.52 Å². The summed E-state index contributed by atoms with van der Waals surface area (Å²) in [6.45, 7) is 0. The molecule has 18 heteroatoms.